The molecule has 0 bridgehead atoms. The summed E-state index contributed by atoms with van der Waals surface area (Å²) in [5.41, 5.74) is 5.49. The van der Waals surface area contributed by atoms with Crippen molar-refractivity contribution >= 4 is 28.3 Å². The van der Waals surface area contributed by atoms with E-state index in [1.807, 2.05) is 45.9 Å². The van der Waals surface area contributed by atoms with Crippen LogP contribution in [0.4, 0.5) is 5.82 Å². The molecular weight excluding hydrogens is 328 g/mol. The van der Waals surface area contributed by atoms with Gasteiger partial charge in [-0.2, -0.15) is 0 Å². The molecule has 3 rings (SSSR count). The molecule has 0 aliphatic carbocycles. The van der Waals surface area contributed by atoms with Crippen LogP contribution in [0, 0.1) is 20.8 Å². The molecule has 0 aliphatic rings. The van der Waals surface area contributed by atoms with E-state index in [9.17, 15) is 4.79 Å². The highest BCUT2D eigenvalue weighted by Crippen LogP contribution is 2.37. The zero-order valence-electron chi connectivity index (χ0n) is 15.6. The van der Waals surface area contributed by atoms with Crippen LogP contribution in [0.25, 0.3) is 16.5 Å². The van der Waals surface area contributed by atoms with Crippen molar-refractivity contribution in [1.82, 2.24) is 4.98 Å². The van der Waals surface area contributed by atoms with Crippen LogP contribution in [-0.2, 0) is 4.79 Å². The van der Waals surface area contributed by atoms with Gasteiger partial charge in [-0.3, -0.25) is 4.79 Å². The number of rotatable bonds is 4. The normalized spacial score (nSPS) is 11.7. The molecule has 0 atom stereocenters. The van der Waals surface area contributed by atoms with Gasteiger partial charge in [-0.1, -0.05) is 0 Å². The molecule has 26 heavy (non-hydrogen) atoms. The topological polar surface area (TPSA) is 64.4 Å². The van der Waals surface area contributed by atoms with E-state index in [4.69, 9.17) is 9.15 Å². The lowest BCUT2D eigenvalue weighted by Gasteiger charge is -2.13. The lowest BCUT2D eigenvalue weighted by atomic mass is 9.98. The van der Waals surface area contributed by atoms with Gasteiger partial charge in [0.25, 0.3) is 0 Å². The molecule has 0 aliphatic heterocycles. The fraction of sp³-hybridized carbons (Fsp3) is 0.238. The Morgan fingerprint density at radius 2 is 2.04 bits per heavy atom. The van der Waals surface area contributed by atoms with Crippen LogP contribution in [-0.4, -0.2) is 18.0 Å². The molecule has 0 radical (unpaired) electrons. The Bertz CT molecular complexity index is 1020. The van der Waals surface area contributed by atoms with Crippen LogP contribution in [0.2, 0.25) is 0 Å². The van der Waals surface area contributed by atoms with Gasteiger partial charge in [0.05, 0.1) is 13.4 Å². The van der Waals surface area contributed by atoms with Crippen molar-refractivity contribution in [3.8, 4) is 5.75 Å². The second-order valence-electron chi connectivity index (χ2n) is 6.41. The molecule has 0 spiro atoms. The SMILES string of the molecule is COc1c(/C(C)=C/C(=O)Nc2cc(C)ccn2)cc2c(C)coc2c1C. The standard InChI is InChI=1S/C21H22N2O3/c1-12-6-7-22-18(8-12)23-19(24)9-13(2)16-10-17-14(3)11-26-21(17)15(4)20(16)25-5/h6-11H,1-5H3,(H,22,23,24)/b13-9+. The Labute approximate surface area is 152 Å². The minimum atomic E-state index is -0.232. The van der Waals surface area contributed by atoms with Gasteiger partial charge in [0, 0.05) is 28.8 Å². The Morgan fingerprint density at radius 1 is 1.27 bits per heavy atom. The van der Waals surface area contributed by atoms with Crippen molar-refractivity contribution in [2.75, 3.05) is 12.4 Å². The molecule has 134 valence electrons. The molecule has 0 saturated carbocycles. The molecule has 2 aromatic heterocycles. The molecule has 1 N–H and O–H groups in total. The first-order chi connectivity index (χ1) is 12.4. The number of anilines is 1. The van der Waals surface area contributed by atoms with Crippen LogP contribution < -0.4 is 10.1 Å². The molecular formula is C21H22N2O3. The number of carbonyl (C=O) groups excluding carboxylic acids is 1. The number of methoxy groups -OCH3 is 1. The number of allylic oxidation sites excluding steroid dienone is 1. The average molecular weight is 350 g/mol. The number of amides is 1. The summed E-state index contributed by atoms with van der Waals surface area (Å²) in [6.07, 6.45) is 4.96. The lowest BCUT2D eigenvalue weighted by Crippen LogP contribution is -2.10. The number of ether oxygens (including phenoxy) is 1. The minimum absolute atomic E-state index is 0.232. The second kappa shape index (κ2) is 7.04. The van der Waals surface area contributed by atoms with E-state index in [2.05, 4.69) is 10.3 Å². The predicted octanol–water partition coefficient (Wildman–Crippen LogP) is 4.80. The summed E-state index contributed by atoms with van der Waals surface area (Å²) in [6, 6.07) is 5.71. The fourth-order valence-corrected chi connectivity index (χ4v) is 3.04. The number of hydrogen-bond acceptors (Lipinski definition) is 4. The number of benzene rings is 1. The number of nitrogens with zero attached hydrogens (tertiary/aromatic N) is 1. The van der Waals surface area contributed by atoms with E-state index in [-0.39, 0.29) is 5.91 Å². The van der Waals surface area contributed by atoms with Gasteiger partial charge < -0.3 is 14.5 Å². The first-order valence-electron chi connectivity index (χ1n) is 8.38. The number of aromatic nitrogens is 1. The third kappa shape index (κ3) is 3.33. The summed E-state index contributed by atoms with van der Waals surface area (Å²) >= 11 is 0. The van der Waals surface area contributed by atoms with Gasteiger partial charge in [-0.25, -0.2) is 4.98 Å². The van der Waals surface area contributed by atoms with E-state index < -0.39 is 0 Å². The molecule has 1 amide bonds. The second-order valence-corrected chi connectivity index (χ2v) is 6.41. The molecule has 0 fully saturated rings. The van der Waals surface area contributed by atoms with Gasteiger partial charge in [-0.15, -0.1) is 0 Å². The number of pyridine rings is 1. The highest BCUT2D eigenvalue weighted by atomic mass is 16.5. The average Bonchev–Trinajstić information content (AvgIpc) is 2.96. The summed E-state index contributed by atoms with van der Waals surface area (Å²) in [5, 5.41) is 3.81. The molecule has 5 nitrogen and oxygen atoms in total. The van der Waals surface area contributed by atoms with Gasteiger partial charge >= 0.3 is 0 Å². The molecule has 0 saturated heterocycles. The molecule has 2 heterocycles. The van der Waals surface area contributed by atoms with E-state index in [1.165, 1.54) is 0 Å². The molecule has 1 aromatic carbocycles. The molecule has 3 aromatic rings. The van der Waals surface area contributed by atoms with Crippen molar-refractivity contribution in [2.45, 2.75) is 27.7 Å². The lowest BCUT2D eigenvalue weighted by molar-refractivity contribution is -0.111. The predicted molar refractivity (Wildman–Crippen MR) is 103 cm³/mol. The highest BCUT2D eigenvalue weighted by molar-refractivity contribution is 6.04. The van der Waals surface area contributed by atoms with Gasteiger partial charge in [0.15, 0.2) is 0 Å². The third-order valence-electron chi connectivity index (χ3n) is 4.38. The van der Waals surface area contributed by atoms with E-state index in [0.717, 1.165) is 38.8 Å². The number of fused-ring (bicyclic) bond motifs is 1. The fourth-order valence-electron chi connectivity index (χ4n) is 3.04. The van der Waals surface area contributed by atoms with Crippen LogP contribution in [0.1, 0.15) is 29.2 Å². The maximum Gasteiger partial charge on any atom is 0.249 e. The maximum absolute atomic E-state index is 12.4. The summed E-state index contributed by atoms with van der Waals surface area (Å²) in [4.78, 5) is 16.5. The van der Waals surface area contributed by atoms with E-state index in [0.29, 0.717) is 11.6 Å². The smallest absolute Gasteiger partial charge is 0.249 e. The van der Waals surface area contributed by atoms with Gasteiger partial charge in [0.1, 0.15) is 17.2 Å². The summed E-state index contributed by atoms with van der Waals surface area (Å²) < 4.78 is 11.2. The Balaban J connectivity index is 1.98. The van der Waals surface area contributed by atoms with Crippen LogP contribution in [0.3, 0.4) is 0 Å². The van der Waals surface area contributed by atoms with Crippen molar-refractivity contribution in [3.63, 3.8) is 0 Å². The number of carbonyl (C=O) groups is 1. The van der Waals surface area contributed by atoms with E-state index >= 15 is 0 Å². The first kappa shape index (κ1) is 17.7. The number of hydrogen-bond donors (Lipinski definition) is 1. The quantitative estimate of drug-likeness (QED) is 0.686. The van der Waals surface area contributed by atoms with Crippen LogP contribution in [0.5, 0.6) is 5.75 Å². The Hall–Kier alpha value is -3.08. The summed E-state index contributed by atoms with van der Waals surface area (Å²) in [7, 11) is 1.62. The van der Waals surface area contributed by atoms with Crippen molar-refractivity contribution < 1.29 is 13.9 Å². The van der Waals surface area contributed by atoms with Crippen molar-refractivity contribution in [3.05, 3.63) is 59.0 Å². The van der Waals surface area contributed by atoms with Gasteiger partial charge in [0.2, 0.25) is 5.91 Å². The monoisotopic (exact) mass is 350 g/mol. The van der Waals surface area contributed by atoms with Crippen molar-refractivity contribution in [1.29, 1.82) is 0 Å². The zero-order valence-corrected chi connectivity index (χ0v) is 15.6. The Kier molecular flexibility index (Phi) is 4.80. The van der Waals surface area contributed by atoms with Crippen LogP contribution >= 0.6 is 0 Å². The first-order valence-corrected chi connectivity index (χ1v) is 8.38. The number of aryl methyl sites for hydroxylation is 3. The Morgan fingerprint density at radius 3 is 2.73 bits per heavy atom. The number of nitrogens with one attached hydrogen (secondary N) is 1. The summed E-state index contributed by atoms with van der Waals surface area (Å²) in [6.45, 7) is 7.80. The van der Waals surface area contributed by atoms with E-state index in [1.54, 1.807) is 25.6 Å². The molecule has 5 heteroatoms. The van der Waals surface area contributed by atoms with Crippen molar-refractivity contribution in [2.24, 2.45) is 0 Å². The maximum atomic E-state index is 12.4. The van der Waals surface area contributed by atoms with Crippen LogP contribution in [0.15, 0.2) is 41.2 Å². The zero-order chi connectivity index (χ0) is 18.8. The number of furan rings is 1. The minimum Gasteiger partial charge on any atom is -0.496 e. The third-order valence-corrected chi connectivity index (χ3v) is 4.38. The summed E-state index contributed by atoms with van der Waals surface area (Å²) in [5.74, 6) is 1.01. The largest absolute Gasteiger partial charge is 0.496 e. The van der Waals surface area contributed by atoms with Gasteiger partial charge in [-0.05, 0) is 62.6 Å². The molecule has 0 unspecified atom stereocenters. The highest BCUT2D eigenvalue weighted by Gasteiger charge is 2.16.